The minimum Gasteiger partial charge on any atom is -0.481 e. The molecule has 22 heavy (non-hydrogen) atoms. The van der Waals surface area contributed by atoms with Crippen LogP contribution >= 0.6 is 0 Å². The first kappa shape index (κ1) is 14.8. The first-order chi connectivity index (χ1) is 10.6. The lowest BCUT2D eigenvalue weighted by Crippen LogP contribution is -2.38. The Hall–Kier alpha value is -2.14. The molecule has 1 aromatic heterocycles. The maximum Gasteiger partial charge on any atom is 0.307 e. The van der Waals surface area contributed by atoms with Gasteiger partial charge in [0.05, 0.1) is 18.7 Å². The van der Waals surface area contributed by atoms with Crippen LogP contribution in [0.1, 0.15) is 24.3 Å². The van der Waals surface area contributed by atoms with Crippen molar-refractivity contribution in [3.8, 4) is 11.3 Å². The van der Waals surface area contributed by atoms with Crippen LogP contribution in [-0.4, -0.2) is 34.0 Å². The van der Waals surface area contributed by atoms with Gasteiger partial charge in [0.1, 0.15) is 0 Å². The molecule has 0 bridgehead atoms. The maximum absolute atomic E-state index is 11.1. The highest BCUT2D eigenvalue weighted by molar-refractivity contribution is 5.70. The predicted molar refractivity (Wildman–Crippen MR) is 82.3 cm³/mol. The van der Waals surface area contributed by atoms with Crippen LogP contribution in [0.4, 0.5) is 0 Å². The van der Waals surface area contributed by atoms with Gasteiger partial charge in [-0.15, -0.1) is 0 Å². The van der Waals surface area contributed by atoms with Crippen LogP contribution in [0.3, 0.4) is 0 Å². The summed E-state index contributed by atoms with van der Waals surface area (Å²) in [6.07, 6.45) is 3.40. The zero-order valence-electron chi connectivity index (χ0n) is 12.7. The number of aromatic nitrogens is 1. The molecule has 5 nitrogen and oxygen atoms in total. The smallest absolute Gasteiger partial charge is 0.307 e. The van der Waals surface area contributed by atoms with Crippen molar-refractivity contribution in [1.82, 2.24) is 9.88 Å². The van der Waals surface area contributed by atoms with E-state index in [1.807, 2.05) is 31.2 Å². The van der Waals surface area contributed by atoms with Gasteiger partial charge in [-0.2, -0.15) is 0 Å². The molecule has 1 N–H and O–H groups in total. The Labute approximate surface area is 129 Å². The molecule has 0 spiro atoms. The van der Waals surface area contributed by atoms with E-state index >= 15 is 0 Å². The molecule has 3 rings (SSSR count). The maximum atomic E-state index is 11.1. The molecule has 5 heteroatoms. The normalized spacial score (nSPS) is 19.2. The molecule has 2 heterocycles. The quantitative estimate of drug-likeness (QED) is 0.940. The third-order valence-corrected chi connectivity index (χ3v) is 4.10. The zero-order valence-corrected chi connectivity index (χ0v) is 12.7. The number of carboxylic acid groups (broad SMARTS) is 1. The van der Waals surface area contributed by atoms with Crippen molar-refractivity contribution in [3.63, 3.8) is 0 Å². The van der Waals surface area contributed by atoms with Gasteiger partial charge in [-0.1, -0.05) is 29.8 Å². The Morgan fingerprint density at radius 2 is 2.18 bits per heavy atom. The molecule has 1 aromatic carbocycles. The number of oxazole rings is 1. The molecule has 0 radical (unpaired) electrons. The average molecular weight is 300 g/mol. The van der Waals surface area contributed by atoms with Crippen molar-refractivity contribution in [2.45, 2.75) is 26.3 Å². The van der Waals surface area contributed by atoms with Crippen LogP contribution in [-0.2, 0) is 11.3 Å². The minimum absolute atomic E-state index is 0.278. The largest absolute Gasteiger partial charge is 0.481 e. The summed E-state index contributed by atoms with van der Waals surface area (Å²) in [7, 11) is 0. The Bertz CT molecular complexity index is 648. The van der Waals surface area contributed by atoms with E-state index in [1.165, 1.54) is 5.56 Å². The van der Waals surface area contributed by atoms with E-state index < -0.39 is 5.97 Å². The van der Waals surface area contributed by atoms with Gasteiger partial charge in [-0.05, 0) is 26.3 Å². The molecule has 1 saturated heterocycles. The van der Waals surface area contributed by atoms with E-state index in [9.17, 15) is 4.79 Å². The molecular formula is C17H20N2O3. The van der Waals surface area contributed by atoms with E-state index in [0.29, 0.717) is 19.0 Å². The number of aliphatic carboxylic acids is 1. The van der Waals surface area contributed by atoms with Gasteiger partial charge in [0.25, 0.3) is 0 Å². The summed E-state index contributed by atoms with van der Waals surface area (Å²) >= 11 is 0. The third-order valence-electron chi connectivity index (χ3n) is 4.10. The second-order valence-corrected chi connectivity index (χ2v) is 5.90. The number of carbonyl (C=O) groups is 1. The average Bonchev–Trinajstić information content (AvgIpc) is 2.96. The summed E-state index contributed by atoms with van der Waals surface area (Å²) in [5.74, 6) is 0.404. The Morgan fingerprint density at radius 3 is 2.91 bits per heavy atom. The predicted octanol–water partition coefficient (Wildman–Crippen LogP) is 2.95. The lowest BCUT2D eigenvalue weighted by atomic mass is 9.98. The van der Waals surface area contributed by atoms with E-state index in [0.717, 1.165) is 30.7 Å². The van der Waals surface area contributed by atoms with E-state index in [4.69, 9.17) is 9.52 Å². The number of benzene rings is 1. The van der Waals surface area contributed by atoms with Gasteiger partial charge in [-0.25, -0.2) is 4.98 Å². The number of carboxylic acids is 1. The lowest BCUT2D eigenvalue weighted by molar-refractivity contribution is -0.143. The van der Waals surface area contributed by atoms with Crippen LogP contribution in [0.5, 0.6) is 0 Å². The second kappa shape index (κ2) is 6.32. The molecule has 0 aliphatic carbocycles. The van der Waals surface area contributed by atoms with Crippen molar-refractivity contribution >= 4 is 5.97 Å². The molecule has 0 amide bonds. The zero-order chi connectivity index (χ0) is 15.5. The third kappa shape index (κ3) is 3.36. The number of hydrogen-bond donors (Lipinski definition) is 1. The van der Waals surface area contributed by atoms with Crippen LogP contribution in [0.25, 0.3) is 11.3 Å². The summed E-state index contributed by atoms with van der Waals surface area (Å²) in [6, 6.07) is 8.11. The summed E-state index contributed by atoms with van der Waals surface area (Å²) in [5.41, 5.74) is 2.21. The molecule has 0 saturated carbocycles. The van der Waals surface area contributed by atoms with Crippen molar-refractivity contribution in [2.24, 2.45) is 5.92 Å². The fourth-order valence-electron chi connectivity index (χ4n) is 2.83. The van der Waals surface area contributed by atoms with E-state index in [1.54, 1.807) is 6.20 Å². The Kier molecular flexibility index (Phi) is 4.24. The molecule has 1 aliphatic rings. The van der Waals surface area contributed by atoms with Crippen LogP contribution in [0, 0.1) is 12.8 Å². The summed E-state index contributed by atoms with van der Waals surface area (Å²) in [4.78, 5) is 17.5. The van der Waals surface area contributed by atoms with E-state index in [-0.39, 0.29) is 5.92 Å². The summed E-state index contributed by atoms with van der Waals surface area (Å²) in [6.45, 7) is 4.07. The molecule has 116 valence electrons. The fourth-order valence-corrected chi connectivity index (χ4v) is 2.83. The second-order valence-electron chi connectivity index (χ2n) is 5.90. The van der Waals surface area contributed by atoms with Gasteiger partial charge in [0.15, 0.2) is 5.76 Å². The summed E-state index contributed by atoms with van der Waals surface area (Å²) in [5, 5.41) is 9.13. The number of likely N-dealkylation sites (tertiary alicyclic amines) is 1. The number of nitrogens with zero attached hydrogens (tertiary/aromatic N) is 2. The monoisotopic (exact) mass is 300 g/mol. The topological polar surface area (TPSA) is 66.6 Å². The minimum atomic E-state index is -0.711. The first-order valence-electron chi connectivity index (χ1n) is 7.59. The molecule has 1 aliphatic heterocycles. The highest BCUT2D eigenvalue weighted by Gasteiger charge is 2.26. The van der Waals surface area contributed by atoms with Gasteiger partial charge >= 0.3 is 5.97 Å². The molecule has 1 atom stereocenters. The number of hydrogen-bond acceptors (Lipinski definition) is 4. The van der Waals surface area contributed by atoms with Crippen molar-refractivity contribution in [1.29, 1.82) is 0 Å². The summed E-state index contributed by atoms with van der Waals surface area (Å²) < 4.78 is 5.81. The molecule has 1 unspecified atom stereocenters. The molecular weight excluding hydrogens is 280 g/mol. The number of piperidine rings is 1. The number of aryl methyl sites for hydroxylation is 1. The van der Waals surface area contributed by atoms with Gasteiger partial charge in [0, 0.05) is 12.1 Å². The number of rotatable bonds is 4. The SMILES string of the molecule is Cc1ccc(-c2cnc(CN3CCCC(C(=O)O)C3)o2)cc1. The highest BCUT2D eigenvalue weighted by atomic mass is 16.4. The van der Waals surface area contributed by atoms with Crippen LogP contribution in [0.2, 0.25) is 0 Å². The van der Waals surface area contributed by atoms with Gasteiger partial charge < -0.3 is 9.52 Å². The van der Waals surface area contributed by atoms with Crippen molar-refractivity contribution < 1.29 is 14.3 Å². The first-order valence-corrected chi connectivity index (χ1v) is 7.59. The van der Waals surface area contributed by atoms with Crippen molar-refractivity contribution in [3.05, 3.63) is 41.9 Å². The van der Waals surface area contributed by atoms with Gasteiger partial charge in [-0.3, -0.25) is 9.69 Å². The molecule has 2 aromatic rings. The molecule has 1 fully saturated rings. The highest BCUT2D eigenvalue weighted by Crippen LogP contribution is 2.23. The Balaban J connectivity index is 1.66. The van der Waals surface area contributed by atoms with Crippen molar-refractivity contribution in [2.75, 3.05) is 13.1 Å². The van der Waals surface area contributed by atoms with Gasteiger partial charge in [0.2, 0.25) is 5.89 Å². The Morgan fingerprint density at radius 1 is 1.41 bits per heavy atom. The van der Waals surface area contributed by atoms with Crippen LogP contribution in [0.15, 0.2) is 34.9 Å². The lowest BCUT2D eigenvalue weighted by Gasteiger charge is -2.29. The van der Waals surface area contributed by atoms with E-state index in [2.05, 4.69) is 9.88 Å². The standard InChI is InChI=1S/C17H20N2O3/c1-12-4-6-13(7-5-12)15-9-18-16(22-15)11-19-8-2-3-14(10-19)17(20)21/h4-7,9,14H,2-3,8,10-11H2,1H3,(H,20,21). The fraction of sp³-hybridized carbons (Fsp3) is 0.412. The van der Waals surface area contributed by atoms with Crippen LogP contribution < -0.4 is 0 Å².